The number of aryl methyl sites for hydroxylation is 1. The van der Waals surface area contributed by atoms with Gasteiger partial charge >= 0.3 is 5.97 Å². The second-order valence-electron chi connectivity index (χ2n) is 7.62. The molecule has 8 nitrogen and oxygen atoms in total. The topological polar surface area (TPSA) is 110 Å². The standard InChI is InChI=1S/C24H17FN2O6S/c1-3-32-23(31)21-11(2)26-24(34-21)27-18(12-4-7-14(28)8-5-12)17-19(29)15-10-13(25)6-9-16(15)33-20(17)22(27)30/h4-10,18,28H,3H2,1-2H3. The lowest BCUT2D eigenvalue weighted by molar-refractivity contribution is 0.0531. The lowest BCUT2D eigenvalue weighted by atomic mass is 9.98. The molecule has 0 spiro atoms. The number of phenols is 1. The number of ether oxygens (including phenoxy) is 1. The summed E-state index contributed by atoms with van der Waals surface area (Å²) in [5.41, 5.74) is 0.423. The van der Waals surface area contributed by atoms with Crippen LogP contribution in [0.3, 0.4) is 0 Å². The number of fused-ring (bicyclic) bond motifs is 2. The van der Waals surface area contributed by atoms with E-state index in [1.807, 2.05) is 0 Å². The van der Waals surface area contributed by atoms with Crippen molar-refractivity contribution in [2.75, 3.05) is 11.5 Å². The maximum Gasteiger partial charge on any atom is 0.350 e. The van der Waals surface area contributed by atoms with Crippen LogP contribution in [0.15, 0.2) is 51.7 Å². The zero-order chi connectivity index (χ0) is 24.1. The monoisotopic (exact) mass is 480 g/mol. The Bertz CT molecular complexity index is 1530. The molecule has 1 aliphatic heterocycles. The van der Waals surface area contributed by atoms with Crippen LogP contribution in [0.25, 0.3) is 11.0 Å². The first-order chi connectivity index (χ1) is 16.3. The second-order valence-corrected chi connectivity index (χ2v) is 8.59. The van der Waals surface area contributed by atoms with E-state index in [0.29, 0.717) is 11.3 Å². The van der Waals surface area contributed by atoms with Crippen molar-refractivity contribution < 1.29 is 28.2 Å². The molecular formula is C24H17FN2O6S. The van der Waals surface area contributed by atoms with Crippen LogP contribution in [-0.4, -0.2) is 28.6 Å². The molecule has 1 amide bonds. The summed E-state index contributed by atoms with van der Waals surface area (Å²) in [5, 5.41) is 9.91. The molecular weight excluding hydrogens is 463 g/mol. The Hall–Kier alpha value is -4.05. The highest BCUT2D eigenvalue weighted by molar-refractivity contribution is 7.17. The number of amides is 1. The molecule has 2 aromatic carbocycles. The van der Waals surface area contributed by atoms with Gasteiger partial charge in [-0.3, -0.25) is 14.5 Å². The van der Waals surface area contributed by atoms with Gasteiger partial charge in [0.25, 0.3) is 5.91 Å². The summed E-state index contributed by atoms with van der Waals surface area (Å²) in [5.74, 6) is -1.99. The van der Waals surface area contributed by atoms with Gasteiger partial charge in [-0.15, -0.1) is 0 Å². The van der Waals surface area contributed by atoms with Crippen molar-refractivity contribution in [1.29, 1.82) is 0 Å². The highest BCUT2D eigenvalue weighted by Crippen LogP contribution is 2.43. The van der Waals surface area contributed by atoms with Crippen LogP contribution in [-0.2, 0) is 4.74 Å². The smallest absolute Gasteiger partial charge is 0.350 e. The van der Waals surface area contributed by atoms with E-state index in [2.05, 4.69) is 4.98 Å². The Labute approximate surface area is 195 Å². The van der Waals surface area contributed by atoms with E-state index >= 15 is 0 Å². The number of hydrogen-bond donors (Lipinski definition) is 1. The van der Waals surface area contributed by atoms with Crippen LogP contribution in [0, 0.1) is 12.7 Å². The molecule has 0 aliphatic carbocycles. The van der Waals surface area contributed by atoms with Crippen LogP contribution in [0.5, 0.6) is 5.75 Å². The van der Waals surface area contributed by atoms with Gasteiger partial charge in [0.15, 0.2) is 10.6 Å². The van der Waals surface area contributed by atoms with Gasteiger partial charge in [-0.1, -0.05) is 23.5 Å². The molecule has 3 heterocycles. The molecule has 1 aliphatic rings. The van der Waals surface area contributed by atoms with Crippen molar-refractivity contribution in [3.05, 3.63) is 86.0 Å². The molecule has 5 rings (SSSR count). The highest BCUT2D eigenvalue weighted by Gasteiger charge is 2.45. The number of halogens is 1. The predicted molar refractivity (Wildman–Crippen MR) is 122 cm³/mol. The number of esters is 1. The molecule has 172 valence electrons. The molecule has 0 saturated carbocycles. The van der Waals surface area contributed by atoms with Crippen LogP contribution in [0.4, 0.5) is 9.52 Å². The Morgan fingerprint density at radius 1 is 1.24 bits per heavy atom. The summed E-state index contributed by atoms with van der Waals surface area (Å²) < 4.78 is 24.8. The van der Waals surface area contributed by atoms with Gasteiger partial charge in [-0.2, -0.15) is 0 Å². The molecule has 0 saturated heterocycles. The summed E-state index contributed by atoms with van der Waals surface area (Å²) in [7, 11) is 0. The Morgan fingerprint density at radius 3 is 2.68 bits per heavy atom. The van der Waals surface area contributed by atoms with Crippen molar-refractivity contribution in [3.8, 4) is 5.75 Å². The summed E-state index contributed by atoms with van der Waals surface area (Å²) in [6.07, 6.45) is 0. The fourth-order valence-electron chi connectivity index (χ4n) is 3.99. The third-order valence-corrected chi connectivity index (χ3v) is 6.63. The first kappa shape index (κ1) is 21.8. The van der Waals surface area contributed by atoms with Gasteiger partial charge in [0.1, 0.15) is 22.0 Å². The Kier molecular flexibility index (Phi) is 5.17. The summed E-state index contributed by atoms with van der Waals surface area (Å²) in [4.78, 5) is 45.3. The number of carbonyl (C=O) groups is 2. The van der Waals surface area contributed by atoms with Crippen molar-refractivity contribution in [2.45, 2.75) is 19.9 Å². The van der Waals surface area contributed by atoms with Crippen LogP contribution in [0.2, 0.25) is 0 Å². The third-order valence-electron chi connectivity index (χ3n) is 5.49. The molecule has 1 unspecified atom stereocenters. The molecule has 4 aromatic rings. The van der Waals surface area contributed by atoms with Crippen LogP contribution in [0.1, 0.15) is 50.0 Å². The summed E-state index contributed by atoms with van der Waals surface area (Å²) >= 11 is 0.960. The number of aromatic hydroxyl groups is 1. The number of phenolic OH excluding ortho intramolecular Hbond substituents is 1. The van der Waals surface area contributed by atoms with Gasteiger partial charge in [-0.25, -0.2) is 14.2 Å². The predicted octanol–water partition coefficient (Wildman–Crippen LogP) is 4.33. The molecule has 34 heavy (non-hydrogen) atoms. The SMILES string of the molecule is CCOC(=O)c1sc(N2C(=O)c3oc4ccc(F)cc4c(=O)c3C2c2ccc(O)cc2)nc1C. The van der Waals surface area contributed by atoms with E-state index in [-0.39, 0.29) is 44.7 Å². The molecule has 0 bridgehead atoms. The first-order valence-corrected chi connectivity index (χ1v) is 11.1. The number of rotatable bonds is 4. The van der Waals surface area contributed by atoms with Crippen molar-refractivity contribution in [2.24, 2.45) is 0 Å². The summed E-state index contributed by atoms with van der Waals surface area (Å²) in [6.45, 7) is 3.48. The number of aromatic nitrogens is 1. The van der Waals surface area contributed by atoms with Gasteiger partial charge in [-0.05, 0) is 49.7 Å². The second kappa shape index (κ2) is 8.07. The van der Waals surface area contributed by atoms with Gasteiger partial charge in [0.05, 0.1) is 29.3 Å². The fourth-order valence-corrected chi connectivity index (χ4v) is 4.97. The fraction of sp³-hybridized carbons (Fsp3) is 0.167. The van der Waals surface area contributed by atoms with Crippen LogP contribution >= 0.6 is 11.3 Å². The summed E-state index contributed by atoms with van der Waals surface area (Å²) in [6, 6.07) is 8.52. The average molecular weight is 480 g/mol. The number of hydrogen-bond acceptors (Lipinski definition) is 8. The largest absolute Gasteiger partial charge is 0.508 e. The number of anilines is 1. The molecule has 2 aromatic heterocycles. The van der Waals surface area contributed by atoms with E-state index in [1.54, 1.807) is 26.0 Å². The lowest BCUT2D eigenvalue weighted by Crippen LogP contribution is -2.29. The molecule has 0 radical (unpaired) electrons. The maximum absolute atomic E-state index is 13.9. The molecule has 0 fully saturated rings. The van der Waals surface area contributed by atoms with Crippen LogP contribution < -0.4 is 10.3 Å². The van der Waals surface area contributed by atoms with Crippen molar-refractivity contribution >= 4 is 39.3 Å². The van der Waals surface area contributed by atoms with Gasteiger partial charge in [0.2, 0.25) is 5.76 Å². The minimum Gasteiger partial charge on any atom is -0.508 e. The number of benzene rings is 2. The Morgan fingerprint density at radius 2 is 1.97 bits per heavy atom. The zero-order valence-electron chi connectivity index (χ0n) is 18.0. The zero-order valence-corrected chi connectivity index (χ0v) is 18.8. The van der Waals surface area contributed by atoms with E-state index in [0.717, 1.165) is 23.5 Å². The molecule has 10 heteroatoms. The first-order valence-electron chi connectivity index (χ1n) is 10.3. The molecule has 1 atom stereocenters. The maximum atomic E-state index is 13.9. The Balaban J connectivity index is 1.75. The number of thiazole rings is 1. The lowest BCUT2D eigenvalue weighted by Gasteiger charge is -2.22. The van der Waals surface area contributed by atoms with E-state index < -0.39 is 29.2 Å². The van der Waals surface area contributed by atoms with Gasteiger partial charge in [0, 0.05) is 0 Å². The van der Waals surface area contributed by atoms with E-state index in [9.17, 15) is 23.9 Å². The van der Waals surface area contributed by atoms with Crippen molar-refractivity contribution in [1.82, 2.24) is 4.98 Å². The average Bonchev–Trinajstić information content (AvgIpc) is 3.33. The normalized spacial score (nSPS) is 15.1. The van der Waals surface area contributed by atoms with E-state index in [4.69, 9.17) is 9.15 Å². The van der Waals surface area contributed by atoms with Gasteiger partial charge < -0.3 is 14.3 Å². The highest BCUT2D eigenvalue weighted by atomic mass is 32.1. The molecule has 1 N–H and O–H groups in total. The van der Waals surface area contributed by atoms with E-state index in [1.165, 1.54) is 23.1 Å². The van der Waals surface area contributed by atoms with Crippen molar-refractivity contribution in [3.63, 3.8) is 0 Å². The minimum atomic E-state index is -0.965. The minimum absolute atomic E-state index is 0.000268. The number of carbonyl (C=O) groups excluding carboxylic acids is 2. The number of nitrogens with zero attached hydrogens (tertiary/aromatic N) is 2. The quantitative estimate of drug-likeness (QED) is 0.433. The third kappa shape index (κ3) is 3.34.